The highest BCUT2D eigenvalue weighted by molar-refractivity contribution is 6.30. The number of fused-ring (bicyclic) bond motifs is 1. The summed E-state index contributed by atoms with van der Waals surface area (Å²) in [5, 5.41) is 10.3. The molecular formula is C12H17ClN6O. The van der Waals surface area contributed by atoms with E-state index in [0.717, 1.165) is 0 Å². The Morgan fingerprint density at radius 2 is 2.15 bits per heavy atom. The third-order valence-corrected chi connectivity index (χ3v) is 2.90. The van der Waals surface area contributed by atoms with E-state index in [0.29, 0.717) is 22.3 Å². The molecule has 0 radical (unpaired) electrons. The molecule has 0 aromatic carbocycles. The molecule has 0 bridgehead atoms. The van der Waals surface area contributed by atoms with E-state index in [9.17, 15) is 4.79 Å². The van der Waals surface area contributed by atoms with Gasteiger partial charge in [-0.3, -0.25) is 4.79 Å². The highest BCUT2D eigenvalue weighted by Gasteiger charge is 2.16. The number of carbonyl (C=O) groups excluding carboxylic acids is 1. The molecule has 2 heterocycles. The Morgan fingerprint density at radius 3 is 2.80 bits per heavy atom. The third-order valence-electron chi connectivity index (χ3n) is 2.54. The number of amides is 1. The van der Waals surface area contributed by atoms with Gasteiger partial charge in [-0.25, -0.2) is 0 Å². The van der Waals surface area contributed by atoms with Crippen LogP contribution in [0.3, 0.4) is 0 Å². The number of halogens is 1. The maximum absolute atomic E-state index is 11.8. The minimum absolute atomic E-state index is 0.113. The van der Waals surface area contributed by atoms with Gasteiger partial charge in [0.2, 0.25) is 5.91 Å². The number of rotatable bonds is 3. The lowest BCUT2D eigenvalue weighted by atomic mass is 10.1. The zero-order valence-corrected chi connectivity index (χ0v) is 12.6. The molecule has 0 aliphatic heterocycles. The van der Waals surface area contributed by atoms with Gasteiger partial charge in [0.25, 0.3) is 5.78 Å². The van der Waals surface area contributed by atoms with E-state index in [1.54, 1.807) is 6.92 Å². The average molecular weight is 297 g/mol. The van der Waals surface area contributed by atoms with Crippen LogP contribution in [-0.2, 0) is 4.79 Å². The largest absolute Gasteiger partial charge is 0.361 e. The number of nitrogens with one attached hydrogen (secondary N) is 2. The summed E-state index contributed by atoms with van der Waals surface area (Å²) in [6.07, 6.45) is 1.39. The molecular weight excluding hydrogens is 280 g/mol. The number of hydrogen-bond donors (Lipinski definition) is 2. The van der Waals surface area contributed by atoms with Crippen LogP contribution in [0.2, 0.25) is 5.15 Å². The van der Waals surface area contributed by atoms with E-state index in [2.05, 4.69) is 25.7 Å². The van der Waals surface area contributed by atoms with Crippen molar-refractivity contribution >= 4 is 29.1 Å². The fraction of sp³-hybridized carbons (Fsp3) is 0.500. The Bertz CT molecular complexity index is 645. The number of nitrogens with zero attached hydrogens (tertiary/aromatic N) is 4. The molecule has 0 aliphatic rings. The van der Waals surface area contributed by atoms with Gasteiger partial charge in [0.1, 0.15) is 17.3 Å². The molecule has 2 aromatic heterocycles. The van der Waals surface area contributed by atoms with Crippen LogP contribution in [-0.4, -0.2) is 37.6 Å². The van der Waals surface area contributed by atoms with Gasteiger partial charge in [-0.15, -0.1) is 0 Å². The van der Waals surface area contributed by atoms with Crippen molar-refractivity contribution in [3.8, 4) is 0 Å². The van der Waals surface area contributed by atoms with Crippen LogP contribution in [0.15, 0.2) is 6.33 Å². The monoisotopic (exact) mass is 296 g/mol. The molecule has 0 aliphatic carbocycles. The minimum Gasteiger partial charge on any atom is -0.361 e. The van der Waals surface area contributed by atoms with Crippen molar-refractivity contribution in [1.29, 1.82) is 0 Å². The SMILES string of the molecule is Cc1c(Cl)nc2ncnn2c1NCC(=O)NC(C)(C)C. The second-order valence-electron chi connectivity index (χ2n) is 5.50. The maximum atomic E-state index is 11.8. The normalized spacial score (nSPS) is 11.7. The Kier molecular flexibility index (Phi) is 3.80. The molecule has 0 saturated carbocycles. The summed E-state index contributed by atoms with van der Waals surface area (Å²) < 4.78 is 1.52. The highest BCUT2D eigenvalue weighted by atomic mass is 35.5. The lowest BCUT2D eigenvalue weighted by Gasteiger charge is -2.21. The van der Waals surface area contributed by atoms with Crippen molar-refractivity contribution in [2.24, 2.45) is 0 Å². The van der Waals surface area contributed by atoms with E-state index in [-0.39, 0.29) is 18.0 Å². The van der Waals surface area contributed by atoms with Gasteiger partial charge in [-0.2, -0.15) is 19.6 Å². The van der Waals surface area contributed by atoms with Gasteiger partial charge in [0.05, 0.1) is 6.54 Å². The molecule has 20 heavy (non-hydrogen) atoms. The van der Waals surface area contributed by atoms with Crippen LogP contribution >= 0.6 is 11.6 Å². The summed E-state index contributed by atoms with van der Waals surface area (Å²) in [7, 11) is 0. The van der Waals surface area contributed by atoms with Crippen LogP contribution in [0.4, 0.5) is 5.82 Å². The first-order valence-corrected chi connectivity index (χ1v) is 6.56. The number of hydrogen-bond acceptors (Lipinski definition) is 5. The molecule has 0 saturated heterocycles. The van der Waals surface area contributed by atoms with Crippen molar-refractivity contribution in [3.05, 3.63) is 17.0 Å². The van der Waals surface area contributed by atoms with Gasteiger partial charge < -0.3 is 10.6 Å². The van der Waals surface area contributed by atoms with Crippen LogP contribution < -0.4 is 10.6 Å². The predicted molar refractivity (Wildman–Crippen MR) is 76.9 cm³/mol. The number of anilines is 1. The summed E-state index contributed by atoms with van der Waals surface area (Å²) in [5.74, 6) is 0.888. The molecule has 2 rings (SSSR count). The Hall–Kier alpha value is -1.89. The second-order valence-corrected chi connectivity index (χ2v) is 5.86. The molecule has 0 spiro atoms. The van der Waals surface area contributed by atoms with Crippen molar-refractivity contribution < 1.29 is 4.79 Å². The van der Waals surface area contributed by atoms with Crippen molar-refractivity contribution in [1.82, 2.24) is 24.9 Å². The topological polar surface area (TPSA) is 84.2 Å². The van der Waals surface area contributed by atoms with Crippen molar-refractivity contribution in [3.63, 3.8) is 0 Å². The highest BCUT2D eigenvalue weighted by Crippen LogP contribution is 2.21. The van der Waals surface area contributed by atoms with Crippen LogP contribution in [0.25, 0.3) is 5.78 Å². The van der Waals surface area contributed by atoms with Gasteiger partial charge in [0.15, 0.2) is 0 Å². The third kappa shape index (κ3) is 3.16. The molecule has 2 aromatic rings. The van der Waals surface area contributed by atoms with E-state index < -0.39 is 0 Å². The van der Waals surface area contributed by atoms with Gasteiger partial charge >= 0.3 is 0 Å². The van der Waals surface area contributed by atoms with Gasteiger partial charge in [-0.05, 0) is 27.7 Å². The standard InChI is InChI=1S/C12H17ClN6O/c1-7-9(13)17-11-15-6-16-19(11)10(7)14-5-8(20)18-12(2,3)4/h6,14H,5H2,1-4H3,(H,18,20). The lowest BCUT2D eigenvalue weighted by Crippen LogP contribution is -2.43. The number of aromatic nitrogens is 4. The molecule has 108 valence electrons. The first-order valence-electron chi connectivity index (χ1n) is 6.18. The van der Waals surface area contributed by atoms with Gasteiger partial charge in [0, 0.05) is 11.1 Å². The Balaban J connectivity index is 2.19. The smallest absolute Gasteiger partial charge is 0.255 e. The van der Waals surface area contributed by atoms with Crippen LogP contribution in [0, 0.1) is 6.92 Å². The molecule has 2 N–H and O–H groups in total. The molecule has 0 atom stereocenters. The first-order chi connectivity index (χ1) is 9.28. The quantitative estimate of drug-likeness (QED) is 0.837. The molecule has 0 fully saturated rings. The molecule has 8 heteroatoms. The van der Waals surface area contributed by atoms with E-state index in [1.807, 2.05) is 20.8 Å². The maximum Gasteiger partial charge on any atom is 0.255 e. The average Bonchev–Trinajstić information content (AvgIpc) is 2.74. The molecule has 1 amide bonds. The minimum atomic E-state index is -0.272. The summed E-state index contributed by atoms with van der Waals surface area (Å²) in [4.78, 5) is 19.9. The zero-order valence-electron chi connectivity index (χ0n) is 11.9. The summed E-state index contributed by atoms with van der Waals surface area (Å²) in [6.45, 7) is 7.70. The van der Waals surface area contributed by atoms with Gasteiger partial charge in [-0.1, -0.05) is 11.6 Å². The zero-order chi connectivity index (χ0) is 14.9. The van der Waals surface area contributed by atoms with Crippen molar-refractivity contribution in [2.45, 2.75) is 33.2 Å². The van der Waals surface area contributed by atoms with Crippen LogP contribution in [0.1, 0.15) is 26.3 Å². The van der Waals surface area contributed by atoms with Crippen molar-refractivity contribution in [2.75, 3.05) is 11.9 Å². The lowest BCUT2D eigenvalue weighted by molar-refractivity contribution is -0.120. The van der Waals surface area contributed by atoms with Crippen LogP contribution in [0.5, 0.6) is 0 Å². The summed E-state index contributed by atoms with van der Waals surface area (Å²) >= 11 is 6.04. The van der Waals surface area contributed by atoms with E-state index in [4.69, 9.17) is 11.6 Å². The Labute approximate surface area is 121 Å². The fourth-order valence-electron chi connectivity index (χ4n) is 1.73. The molecule has 7 nitrogen and oxygen atoms in total. The molecule has 0 unspecified atom stereocenters. The summed E-state index contributed by atoms with van der Waals surface area (Å²) in [5.41, 5.74) is 0.444. The first kappa shape index (κ1) is 14.5. The Morgan fingerprint density at radius 1 is 1.45 bits per heavy atom. The van der Waals surface area contributed by atoms with E-state index >= 15 is 0 Å². The predicted octanol–water partition coefficient (Wildman–Crippen LogP) is 1.41. The van der Waals surface area contributed by atoms with E-state index in [1.165, 1.54) is 10.8 Å². The summed E-state index contributed by atoms with van der Waals surface area (Å²) in [6, 6.07) is 0. The fourth-order valence-corrected chi connectivity index (χ4v) is 1.90. The number of carbonyl (C=O) groups is 1. The second kappa shape index (κ2) is 5.24.